The Labute approximate surface area is 96.7 Å². The molecule has 0 saturated heterocycles. The van der Waals surface area contributed by atoms with Gasteiger partial charge in [0.1, 0.15) is 0 Å². The summed E-state index contributed by atoms with van der Waals surface area (Å²) in [4.78, 5) is 11.8. The van der Waals surface area contributed by atoms with Gasteiger partial charge in [-0.2, -0.15) is 0 Å². The molecule has 0 radical (unpaired) electrons. The van der Waals surface area contributed by atoms with Gasteiger partial charge in [0.25, 0.3) is 5.91 Å². The molecule has 0 atom stereocenters. The highest BCUT2D eigenvalue weighted by Crippen LogP contribution is 2.15. The van der Waals surface area contributed by atoms with Crippen LogP contribution in [0.3, 0.4) is 0 Å². The van der Waals surface area contributed by atoms with Gasteiger partial charge in [-0.05, 0) is 38.0 Å². The molecule has 0 aliphatic heterocycles. The molecular weight excluding hydrogens is 198 g/mol. The number of aryl methyl sites for hydroxylation is 1. The maximum Gasteiger partial charge on any atom is 0.251 e. The number of carbonyl (C=O) groups is 1. The Hall–Kier alpha value is -1.83. The molecule has 0 spiro atoms. The van der Waals surface area contributed by atoms with Gasteiger partial charge in [-0.1, -0.05) is 30.9 Å². The van der Waals surface area contributed by atoms with Crippen molar-refractivity contribution in [3.8, 4) is 0 Å². The molecule has 0 aliphatic rings. The molecule has 1 rings (SSSR count). The van der Waals surface area contributed by atoms with E-state index in [0.717, 1.165) is 16.8 Å². The van der Waals surface area contributed by atoms with E-state index in [2.05, 4.69) is 11.9 Å². The van der Waals surface area contributed by atoms with Crippen molar-refractivity contribution in [1.82, 2.24) is 0 Å². The summed E-state index contributed by atoms with van der Waals surface area (Å²) in [7, 11) is 0. The number of allylic oxidation sites excluding steroid dienone is 2. The summed E-state index contributed by atoms with van der Waals surface area (Å²) < 4.78 is 0. The molecule has 1 aromatic rings. The summed E-state index contributed by atoms with van der Waals surface area (Å²) in [5.74, 6) is -0.0771. The van der Waals surface area contributed by atoms with Gasteiger partial charge in [0.05, 0.1) is 0 Å². The zero-order chi connectivity index (χ0) is 12.1. The molecule has 0 bridgehead atoms. The molecule has 1 N–H and O–H groups in total. The predicted octanol–water partition coefficient (Wildman–Crippen LogP) is 3.46. The van der Waals surface area contributed by atoms with Crippen LogP contribution in [0, 0.1) is 6.92 Å². The highest BCUT2D eigenvalue weighted by molar-refractivity contribution is 6.04. The minimum Gasteiger partial charge on any atom is -0.322 e. The summed E-state index contributed by atoms with van der Waals surface area (Å²) in [5.41, 5.74) is 3.49. The zero-order valence-electron chi connectivity index (χ0n) is 10.0. The van der Waals surface area contributed by atoms with Crippen molar-refractivity contribution in [3.05, 3.63) is 53.6 Å². The van der Waals surface area contributed by atoms with Gasteiger partial charge in [-0.25, -0.2) is 0 Å². The van der Waals surface area contributed by atoms with Crippen LogP contribution in [0.25, 0.3) is 0 Å². The van der Waals surface area contributed by atoms with Crippen molar-refractivity contribution in [2.75, 3.05) is 5.32 Å². The number of hydrogen-bond acceptors (Lipinski definition) is 1. The van der Waals surface area contributed by atoms with Crippen molar-refractivity contribution < 1.29 is 4.79 Å². The molecule has 0 aliphatic carbocycles. The Morgan fingerprint density at radius 2 is 1.94 bits per heavy atom. The smallest absolute Gasteiger partial charge is 0.251 e. The van der Waals surface area contributed by atoms with Gasteiger partial charge in [-0.15, -0.1) is 0 Å². The second kappa shape index (κ2) is 5.31. The molecule has 84 valence electrons. The molecular formula is C14H17NO. The first kappa shape index (κ1) is 12.2. The number of anilines is 1. The maximum absolute atomic E-state index is 11.8. The van der Waals surface area contributed by atoms with Gasteiger partial charge < -0.3 is 5.32 Å². The number of rotatable bonds is 3. The van der Waals surface area contributed by atoms with E-state index in [-0.39, 0.29) is 5.91 Å². The lowest BCUT2D eigenvalue weighted by atomic mass is 10.1. The molecule has 0 aromatic heterocycles. The van der Waals surface area contributed by atoms with Crippen molar-refractivity contribution in [3.63, 3.8) is 0 Å². The number of para-hydroxylation sites is 1. The molecule has 0 unspecified atom stereocenters. The molecule has 0 saturated carbocycles. The number of benzene rings is 1. The van der Waals surface area contributed by atoms with E-state index in [1.54, 1.807) is 13.0 Å². The fourth-order valence-corrected chi connectivity index (χ4v) is 1.26. The third-order valence-corrected chi connectivity index (χ3v) is 2.63. The first-order valence-corrected chi connectivity index (χ1v) is 5.23. The Morgan fingerprint density at radius 3 is 2.50 bits per heavy atom. The highest BCUT2D eigenvalue weighted by atomic mass is 16.1. The minimum atomic E-state index is -0.0771. The van der Waals surface area contributed by atoms with Crippen LogP contribution < -0.4 is 5.32 Å². The van der Waals surface area contributed by atoms with Crippen molar-refractivity contribution in [2.24, 2.45) is 0 Å². The van der Waals surface area contributed by atoms with Crippen LogP contribution in [0.1, 0.15) is 19.4 Å². The van der Waals surface area contributed by atoms with Crippen LogP contribution in [-0.4, -0.2) is 5.91 Å². The Balaban J connectivity index is 2.88. The fourth-order valence-electron chi connectivity index (χ4n) is 1.26. The lowest BCUT2D eigenvalue weighted by Crippen LogP contribution is -2.14. The first-order valence-electron chi connectivity index (χ1n) is 5.23. The Morgan fingerprint density at radius 1 is 1.31 bits per heavy atom. The van der Waals surface area contributed by atoms with E-state index in [1.807, 2.05) is 38.1 Å². The monoisotopic (exact) mass is 215 g/mol. The molecule has 0 fully saturated rings. The summed E-state index contributed by atoms with van der Waals surface area (Å²) >= 11 is 0. The highest BCUT2D eigenvalue weighted by Gasteiger charge is 2.07. The first-order chi connectivity index (χ1) is 7.56. The third kappa shape index (κ3) is 2.83. The normalized spacial score (nSPS) is 11.7. The van der Waals surface area contributed by atoms with Gasteiger partial charge >= 0.3 is 0 Å². The van der Waals surface area contributed by atoms with E-state index in [4.69, 9.17) is 0 Å². The molecule has 2 nitrogen and oxygen atoms in total. The Kier molecular flexibility index (Phi) is 4.06. The van der Waals surface area contributed by atoms with Crippen LogP contribution in [0.2, 0.25) is 0 Å². The summed E-state index contributed by atoms with van der Waals surface area (Å²) in [5, 5.41) is 2.88. The second-order valence-electron chi connectivity index (χ2n) is 3.78. The molecule has 2 heteroatoms. The van der Waals surface area contributed by atoms with E-state index in [1.165, 1.54) is 0 Å². The van der Waals surface area contributed by atoms with Gasteiger partial charge in [-0.3, -0.25) is 4.79 Å². The van der Waals surface area contributed by atoms with Crippen LogP contribution in [0.5, 0.6) is 0 Å². The molecule has 1 aromatic carbocycles. The number of carbonyl (C=O) groups excluding carboxylic acids is 1. The van der Waals surface area contributed by atoms with Crippen LogP contribution in [0.4, 0.5) is 5.69 Å². The molecule has 0 heterocycles. The van der Waals surface area contributed by atoms with E-state index < -0.39 is 0 Å². The quantitative estimate of drug-likeness (QED) is 0.607. The SMILES string of the molecule is C=CC(C)=C(C)C(=O)Nc1ccccc1C. The van der Waals surface area contributed by atoms with E-state index in [0.29, 0.717) is 5.57 Å². The minimum absolute atomic E-state index is 0.0771. The average molecular weight is 215 g/mol. The third-order valence-electron chi connectivity index (χ3n) is 2.63. The summed E-state index contributed by atoms with van der Waals surface area (Å²) in [6.45, 7) is 9.29. The average Bonchev–Trinajstić information content (AvgIpc) is 2.30. The van der Waals surface area contributed by atoms with Gasteiger partial charge in [0.15, 0.2) is 0 Å². The van der Waals surface area contributed by atoms with Crippen molar-refractivity contribution in [1.29, 1.82) is 0 Å². The topological polar surface area (TPSA) is 29.1 Å². The predicted molar refractivity (Wildman–Crippen MR) is 68.4 cm³/mol. The zero-order valence-corrected chi connectivity index (χ0v) is 10.0. The van der Waals surface area contributed by atoms with Gasteiger partial charge in [0.2, 0.25) is 0 Å². The maximum atomic E-state index is 11.8. The van der Waals surface area contributed by atoms with Crippen molar-refractivity contribution in [2.45, 2.75) is 20.8 Å². The van der Waals surface area contributed by atoms with Crippen LogP contribution >= 0.6 is 0 Å². The number of hydrogen-bond donors (Lipinski definition) is 1. The van der Waals surface area contributed by atoms with E-state index in [9.17, 15) is 4.79 Å². The largest absolute Gasteiger partial charge is 0.322 e. The molecule has 16 heavy (non-hydrogen) atoms. The van der Waals surface area contributed by atoms with Crippen molar-refractivity contribution >= 4 is 11.6 Å². The lowest BCUT2D eigenvalue weighted by molar-refractivity contribution is -0.112. The standard InChI is InChI=1S/C14H17NO/c1-5-10(2)12(4)14(16)15-13-9-7-6-8-11(13)3/h5-9H,1H2,2-4H3,(H,15,16). The number of amides is 1. The fraction of sp³-hybridized carbons (Fsp3) is 0.214. The molecule has 1 amide bonds. The second-order valence-corrected chi connectivity index (χ2v) is 3.78. The van der Waals surface area contributed by atoms with Crippen LogP contribution in [-0.2, 0) is 4.79 Å². The summed E-state index contributed by atoms with van der Waals surface area (Å²) in [6.07, 6.45) is 1.69. The Bertz CT molecular complexity index is 444. The number of nitrogens with one attached hydrogen (secondary N) is 1. The van der Waals surface area contributed by atoms with Crippen LogP contribution in [0.15, 0.2) is 48.1 Å². The van der Waals surface area contributed by atoms with Gasteiger partial charge in [0, 0.05) is 11.3 Å². The summed E-state index contributed by atoms with van der Waals surface area (Å²) in [6, 6.07) is 7.71. The van der Waals surface area contributed by atoms with E-state index >= 15 is 0 Å². The lowest BCUT2D eigenvalue weighted by Gasteiger charge is -2.09.